The Hall–Kier alpha value is 1.21. The molecule has 0 aliphatic heterocycles. The molecule has 40 valence electrons. The summed E-state index contributed by atoms with van der Waals surface area (Å²) in [6, 6.07) is 0. The summed E-state index contributed by atoms with van der Waals surface area (Å²) in [6.45, 7) is 0. The van der Waals surface area contributed by atoms with Gasteiger partial charge in [0.15, 0.2) is 0 Å². The molecule has 0 saturated heterocycles. The molecule has 0 aliphatic rings. The Balaban J connectivity index is -0.0000000800. The van der Waals surface area contributed by atoms with Gasteiger partial charge in [0, 0.05) is 10.4 Å². The number of hydrogen-bond acceptors (Lipinski definition) is 4. The number of hydrogen-bond donors (Lipinski definition) is 0. The minimum atomic E-state index is -5.17. The first-order valence-corrected chi connectivity index (χ1v) is 2.00. The van der Waals surface area contributed by atoms with Crippen molar-refractivity contribution in [1.29, 1.82) is 0 Å². The summed E-state index contributed by atoms with van der Waals surface area (Å²) in [5, 5.41) is 0. The molecule has 0 spiro atoms. The van der Waals surface area contributed by atoms with E-state index < -0.39 is 10.4 Å². The molecular formula is H2CeO5S+2. The van der Waals surface area contributed by atoms with Gasteiger partial charge in [-0.1, -0.05) is 0 Å². The Morgan fingerprint density at radius 2 is 1.14 bits per heavy atom. The topological polar surface area (TPSA) is 112 Å². The van der Waals surface area contributed by atoms with Crippen molar-refractivity contribution >= 4 is 10.4 Å². The van der Waals surface area contributed by atoms with Gasteiger partial charge in [-0.25, -0.2) is 0 Å². The van der Waals surface area contributed by atoms with Gasteiger partial charge in [0.05, 0.1) is 0 Å². The van der Waals surface area contributed by atoms with Crippen molar-refractivity contribution in [2.45, 2.75) is 0 Å². The van der Waals surface area contributed by atoms with Crippen LogP contribution in [0, 0.1) is 41.7 Å². The molecule has 0 saturated carbocycles. The van der Waals surface area contributed by atoms with Gasteiger partial charge in [0.25, 0.3) is 0 Å². The van der Waals surface area contributed by atoms with Crippen molar-refractivity contribution < 1.29 is 64.7 Å². The predicted octanol–water partition coefficient (Wildman–Crippen LogP) is -2.16. The van der Waals surface area contributed by atoms with Gasteiger partial charge in [-0.2, -0.15) is 0 Å². The van der Waals surface area contributed by atoms with Gasteiger partial charge >= 0.3 is 41.7 Å². The van der Waals surface area contributed by atoms with Crippen LogP contribution in [0.1, 0.15) is 0 Å². The summed E-state index contributed by atoms with van der Waals surface area (Å²) in [5.74, 6) is 0. The molecule has 0 unspecified atom stereocenters. The molecule has 0 rings (SSSR count). The third-order valence-electron chi connectivity index (χ3n) is 0. The second-order valence-electron chi connectivity index (χ2n) is 0.408. The Morgan fingerprint density at radius 3 is 1.14 bits per heavy atom. The van der Waals surface area contributed by atoms with Crippen molar-refractivity contribution in [2.75, 3.05) is 0 Å². The van der Waals surface area contributed by atoms with E-state index in [1.807, 2.05) is 0 Å². The molecule has 0 radical (unpaired) electrons. The van der Waals surface area contributed by atoms with Crippen LogP contribution >= 0.6 is 0 Å². The molecule has 7 heteroatoms. The molecule has 0 aromatic rings. The van der Waals surface area contributed by atoms with Crippen LogP contribution in [0.2, 0.25) is 0 Å². The fourth-order valence-corrected chi connectivity index (χ4v) is 0. The van der Waals surface area contributed by atoms with E-state index in [0.717, 1.165) is 0 Å². The van der Waals surface area contributed by atoms with Gasteiger partial charge in [0.2, 0.25) is 0 Å². The largest absolute Gasteiger partial charge is 4.00 e. The second kappa shape index (κ2) is 5.35. The zero-order valence-corrected chi connectivity index (χ0v) is 7.00. The molecule has 5 nitrogen and oxygen atoms in total. The van der Waals surface area contributed by atoms with Gasteiger partial charge in [-0.15, -0.1) is 0 Å². The first-order valence-electron chi connectivity index (χ1n) is 0.667. The minimum absolute atomic E-state index is 0. The molecule has 0 amide bonds. The van der Waals surface area contributed by atoms with E-state index in [1.165, 1.54) is 0 Å². The molecule has 7 heavy (non-hydrogen) atoms. The smallest absolute Gasteiger partial charge is 0.759 e. The molecule has 0 aliphatic carbocycles. The average Bonchev–Trinajstić information content (AvgIpc) is 0.722. The van der Waals surface area contributed by atoms with Crippen LogP contribution in [0.25, 0.3) is 0 Å². The molecule has 0 atom stereocenters. The third kappa shape index (κ3) is 134. The van der Waals surface area contributed by atoms with Crippen LogP contribution < -0.4 is 0 Å². The maximum Gasteiger partial charge on any atom is 4.00 e. The molecule has 0 aromatic carbocycles. The standard InChI is InChI=1S/Ce.H2O4S.H2O/c;1-5(2,3)4;/h;(H2,1,2,3,4);1H2/q+4;;/p-2. The maximum absolute atomic E-state index is 8.52. The molecule has 0 aromatic heterocycles. The summed E-state index contributed by atoms with van der Waals surface area (Å²) in [5.41, 5.74) is 0. The molecular weight excluding hydrogens is 252 g/mol. The SMILES string of the molecule is O.O=S(=O)([O-])[O-].[Ce+4]. The Morgan fingerprint density at radius 1 is 1.14 bits per heavy atom. The van der Waals surface area contributed by atoms with Gasteiger partial charge < -0.3 is 14.6 Å². The summed E-state index contributed by atoms with van der Waals surface area (Å²) in [6.07, 6.45) is 0. The van der Waals surface area contributed by atoms with Gasteiger partial charge in [0.1, 0.15) is 0 Å². The maximum atomic E-state index is 8.52. The van der Waals surface area contributed by atoms with Crippen molar-refractivity contribution in [3.05, 3.63) is 0 Å². The fraction of sp³-hybridized carbons (Fsp3) is 0. The first kappa shape index (κ1) is 15.7. The summed E-state index contributed by atoms with van der Waals surface area (Å²) in [7, 11) is -5.17. The van der Waals surface area contributed by atoms with E-state index in [1.54, 1.807) is 0 Å². The van der Waals surface area contributed by atoms with Crippen LogP contribution in [-0.2, 0) is 10.4 Å². The zero-order chi connectivity index (χ0) is 4.50. The van der Waals surface area contributed by atoms with E-state index in [-0.39, 0.29) is 47.2 Å². The summed E-state index contributed by atoms with van der Waals surface area (Å²) >= 11 is 0. The second-order valence-corrected chi connectivity index (χ2v) is 1.22. The average molecular weight is 254 g/mol. The van der Waals surface area contributed by atoms with Crippen molar-refractivity contribution in [1.82, 2.24) is 0 Å². The Bertz CT molecular complexity index is 91.2. The van der Waals surface area contributed by atoms with E-state index in [9.17, 15) is 0 Å². The minimum Gasteiger partial charge on any atom is -0.759 e. The van der Waals surface area contributed by atoms with Crippen LogP contribution in [0.4, 0.5) is 0 Å². The Kier molecular flexibility index (Phi) is 12.0. The number of rotatable bonds is 0. The van der Waals surface area contributed by atoms with E-state index in [4.69, 9.17) is 17.5 Å². The third-order valence-corrected chi connectivity index (χ3v) is 0. The van der Waals surface area contributed by atoms with Crippen molar-refractivity contribution in [2.24, 2.45) is 0 Å². The van der Waals surface area contributed by atoms with Crippen LogP contribution in [0.3, 0.4) is 0 Å². The molecule has 2 N–H and O–H groups in total. The van der Waals surface area contributed by atoms with E-state index in [2.05, 4.69) is 0 Å². The molecule has 0 bridgehead atoms. The normalized spacial score (nSPS) is 8.29. The van der Waals surface area contributed by atoms with E-state index >= 15 is 0 Å². The predicted molar refractivity (Wildman–Crippen MR) is 14.1 cm³/mol. The van der Waals surface area contributed by atoms with Crippen molar-refractivity contribution in [3.8, 4) is 0 Å². The van der Waals surface area contributed by atoms with Crippen LogP contribution in [-0.4, -0.2) is 23.0 Å². The quantitative estimate of drug-likeness (QED) is 0.362. The molecule has 0 fully saturated rings. The molecule has 0 heterocycles. The summed E-state index contributed by atoms with van der Waals surface area (Å²) < 4.78 is 34.1. The van der Waals surface area contributed by atoms with Crippen LogP contribution in [0.15, 0.2) is 0 Å². The van der Waals surface area contributed by atoms with Gasteiger partial charge in [-0.3, -0.25) is 8.42 Å². The van der Waals surface area contributed by atoms with Gasteiger partial charge in [-0.05, 0) is 0 Å². The Labute approximate surface area is 74.4 Å². The van der Waals surface area contributed by atoms with Crippen molar-refractivity contribution in [3.63, 3.8) is 0 Å². The fourth-order valence-electron chi connectivity index (χ4n) is 0. The van der Waals surface area contributed by atoms with Crippen LogP contribution in [0.5, 0.6) is 0 Å². The monoisotopic (exact) mass is 254 g/mol. The zero-order valence-electron chi connectivity index (χ0n) is 3.04. The van der Waals surface area contributed by atoms with E-state index in [0.29, 0.717) is 0 Å². The first-order chi connectivity index (χ1) is 2.00. The summed E-state index contributed by atoms with van der Waals surface area (Å²) in [4.78, 5) is 0.